The van der Waals surface area contributed by atoms with Crippen LogP contribution in [-0.4, -0.2) is 23.9 Å². The number of nitrogens with one attached hydrogen (secondary N) is 1. The maximum absolute atomic E-state index is 5.49. The van der Waals surface area contributed by atoms with Gasteiger partial charge >= 0.3 is 0 Å². The van der Waals surface area contributed by atoms with E-state index in [-0.39, 0.29) is 0 Å². The van der Waals surface area contributed by atoms with Gasteiger partial charge in [-0.15, -0.1) is 0 Å². The highest BCUT2D eigenvalue weighted by atomic mass is 15.4. The number of fused-ring (bicyclic) bond motifs is 1. The Morgan fingerprint density at radius 3 is 2.88 bits per heavy atom. The second-order valence-corrected chi connectivity index (χ2v) is 3.88. The first-order valence-corrected chi connectivity index (χ1v) is 5.68. The molecule has 1 heterocycles. The lowest BCUT2D eigenvalue weighted by atomic mass is 10.0. The van der Waals surface area contributed by atoms with E-state index in [1.54, 1.807) is 0 Å². The number of nitrogens with zero attached hydrogens (tertiary/aromatic N) is 2. The minimum absolute atomic E-state index is 0.748. The number of hydrogen-bond donors (Lipinski definition) is 2. The fraction of sp³-hybridized carbons (Fsp3) is 0.417. The number of nitrogens with two attached hydrogens (primary N) is 1. The average molecular weight is 218 g/mol. The molecule has 0 amide bonds. The van der Waals surface area contributed by atoms with Gasteiger partial charge in [0, 0.05) is 19.6 Å². The molecule has 1 aromatic rings. The van der Waals surface area contributed by atoms with Crippen molar-refractivity contribution in [3.63, 3.8) is 0 Å². The van der Waals surface area contributed by atoms with Gasteiger partial charge in [-0.2, -0.15) is 0 Å². The van der Waals surface area contributed by atoms with Crippen molar-refractivity contribution < 1.29 is 0 Å². The summed E-state index contributed by atoms with van der Waals surface area (Å²) < 4.78 is 0. The lowest BCUT2D eigenvalue weighted by Crippen LogP contribution is -2.46. The molecule has 1 aliphatic rings. The summed E-state index contributed by atoms with van der Waals surface area (Å²) in [6.45, 7) is 4.62. The fourth-order valence-electron chi connectivity index (χ4n) is 2.06. The lowest BCUT2D eigenvalue weighted by molar-refractivity contribution is 0.379. The molecular formula is C12H18N4. The van der Waals surface area contributed by atoms with Crippen LogP contribution in [0.1, 0.15) is 18.1 Å². The Hall–Kier alpha value is -1.55. The topological polar surface area (TPSA) is 53.6 Å². The highest BCUT2D eigenvalue weighted by molar-refractivity contribution is 5.79. The standard InChI is InChI=1S/C12H18N4/c1-2-14-12(15-13)16-8-7-10-5-3-4-6-11(10)9-16/h3-6H,2,7-9,13H2,1H3,(H,14,15). The molecule has 4 heteroatoms. The van der Waals surface area contributed by atoms with Crippen LogP contribution in [0, 0.1) is 0 Å². The zero-order valence-electron chi connectivity index (χ0n) is 9.61. The van der Waals surface area contributed by atoms with Crippen LogP contribution >= 0.6 is 0 Å². The van der Waals surface area contributed by atoms with E-state index in [2.05, 4.69) is 39.6 Å². The quantitative estimate of drug-likeness (QED) is 0.318. The first kappa shape index (κ1) is 11.0. The van der Waals surface area contributed by atoms with E-state index in [4.69, 9.17) is 5.84 Å². The van der Waals surface area contributed by atoms with Crippen molar-refractivity contribution in [2.75, 3.05) is 13.1 Å². The molecule has 0 fully saturated rings. The third-order valence-electron chi connectivity index (χ3n) is 2.87. The Balaban J connectivity index is 2.16. The number of guanidine groups is 1. The van der Waals surface area contributed by atoms with Gasteiger partial charge in [0.1, 0.15) is 0 Å². The van der Waals surface area contributed by atoms with E-state index in [0.29, 0.717) is 0 Å². The van der Waals surface area contributed by atoms with Gasteiger partial charge in [-0.1, -0.05) is 24.3 Å². The van der Waals surface area contributed by atoms with Crippen molar-refractivity contribution in [3.8, 4) is 0 Å². The van der Waals surface area contributed by atoms with Gasteiger partial charge in [0.25, 0.3) is 0 Å². The summed E-state index contributed by atoms with van der Waals surface area (Å²) in [6.07, 6.45) is 1.06. The Kier molecular flexibility index (Phi) is 3.41. The molecule has 3 N–H and O–H groups in total. The van der Waals surface area contributed by atoms with Gasteiger partial charge in [-0.3, -0.25) is 10.4 Å². The van der Waals surface area contributed by atoms with E-state index in [0.717, 1.165) is 32.0 Å². The Morgan fingerprint density at radius 2 is 2.19 bits per heavy atom. The van der Waals surface area contributed by atoms with Crippen LogP contribution in [0.5, 0.6) is 0 Å². The van der Waals surface area contributed by atoms with E-state index >= 15 is 0 Å². The zero-order chi connectivity index (χ0) is 11.4. The normalized spacial score (nSPS) is 15.9. The zero-order valence-corrected chi connectivity index (χ0v) is 9.61. The van der Waals surface area contributed by atoms with Crippen molar-refractivity contribution in [2.24, 2.45) is 10.8 Å². The highest BCUT2D eigenvalue weighted by Gasteiger charge is 2.17. The molecular weight excluding hydrogens is 200 g/mol. The summed E-state index contributed by atoms with van der Waals surface area (Å²) in [5.41, 5.74) is 5.48. The Bertz CT molecular complexity index is 386. The van der Waals surface area contributed by atoms with Gasteiger partial charge in [0.2, 0.25) is 5.96 Å². The van der Waals surface area contributed by atoms with Crippen LogP contribution in [0.25, 0.3) is 0 Å². The highest BCUT2D eigenvalue weighted by Crippen LogP contribution is 2.18. The van der Waals surface area contributed by atoms with E-state index in [9.17, 15) is 0 Å². The summed E-state index contributed by atoms with van der Waals surface area (Å²) >= 11 is 0. The monoisotopic (exact) mass is 218 g/mol. The molecule has 1 aromatic carbocycles. The van der Waals surface area contributed by atoms with Gasteiger partial charge in [0.15, 0.2) is 0 Å². The van der Waals surface area contributed by atoms with Gasteiger partial charge in [-0.05, 0) is 24.5 Å². The summed E-state index contributed by atoms with van der Waals surface area (Å²) in [7, 11) is 0. The smallest absolute Gasteiger partial charge is 0.208 e. The molecule has 0 aliphatic carbocycles. The molecule has 1 aliphatic heterocycles. The number of aliphatic imine (C=N–C) groups is 1. The van der Waals surface area contributed by atoms with Gasteiger partial charge in [-0.25, -0.2) is 5.84 Å². The molecule has 16 heavy (non-hydrogen) atoms. The van der Waals surface area contributed by atoms with Crippen LogP contribution in [-0.2, 0) is 13.0 Å². The predicted molar refractivity (Wildman–Crippen MR) is 65.9 cm³/mol. The molecule has 0 bridgehead atoms. The van der Waals surface area contributed by atoms with Crippen LogP contribution in [0.2, 0.25) is 0 Å². The molecule has 4 nitrogen and oxygen atoms in total. The molecule has 2 rings (SSSR count). The Labute approximate surface area is 96.1 Å². The minimum atomic E-state index is 0.748. The maximum Gasteiger partial charge on any atom is 0.208 e. The molecule has 86 valence electrons. The predicted octanol–water partition coefficient (Wildman–Crippen LogP) is 0.884. The molecule has 0 spiro atoms. The van der Waals surface area contributed by atoms with E-state index < -0.39 is 0 Å². The summed E-state index contributed by atoms with van der Waals surface area (Å²) in [4.78, 5) is 6.53. The van der Waals surface area contributed by atoms with Gasteiger partial charge < -0.3 is 4.90 Å². The molecule has 0 unspecified atom stereocenters. The average Bonchev–Trinajstić information content (AvgIpc) is 2.35. The molecule has 0 saturated heterocycles. The fourth-order valence-corrected chi connectivity index (χ4v) is 2.06. The number of hydrogen-bond acceptors (Lipinski definition) is 2. The third kappa shape index (κ3) is 2.17. The molecule has 0 atom stereocenters. The van der Waals surface area contributed by atoms with E-state index in [1.165, 1.54) is 11.1 Å². The van der Waals surface area contributed by atoms with Crippen molar-refractivity contribution in [1.82, 2.24) is 10.3 Å². The third-order valence-corrected chi connectivity index (χ3v) is 2.87. The SMILES string of the molecule is CCN=C(NN)N1CCc2ccccc2C1. The maximum atomic E-state index is 5.49. The van der Waals surface area contributed by atoms with Gasteiger partial charge in [0.05, 0.1) is 0 Å². The van der Waals surface area contributed by atoms with Crippen molar-refractivity contribution >= 4 is 5.96 Å². The summed E-state index contributed by atoms with van der Waals surface area (Å²) in [5.74, 6) is 6.28. The second-order valence-electron chi connectivity index (χ2n) is 3.88. The molecule has 0 saturated carbocycles. The number of benzene rings is 1. The van der Waals surface area contributed by atoms with Crippen molar-refractivity contribution in [1.29, 1.82) is 0 Å². The number of hydrazine groups is 1. The molecule has 0 radical (unpaired) electrons. The van der Waals surface area contributed by atoms with Crippen LogP contribution < -0.4 is 11.3 Å². The minimum Gasteiger partial charge on any atom is -0.337 e. The lowest BCUT2D eigenvalue weighted by Gasteiger charge is -2.30. The molecule has 0 aromatic heterocycles. The second kappa shape index (κ2) is 4.99. The van der Waals surface area contributed by atoms with Crippen LogP contribution in [0.4, 0.5) is 0 Å². The summed E-state index contributed by atoms with van der Waals surface area (Å²) in [6, 6.07) is 8.53. The van der Waals surface area contributed by atoms with Crippen molar-refractivity contribution in [2.45, 2.75) is 19.9 Å². The Morgan fingerprint density at radius 1 is 1.44 bits per heavy atom. The first-order valence-electron chi connectivity index (χ1n) is 5.68. The first-order chi connectivity index (χ1) is 7.85. The van der Waals surface area contributed by atoms with E-state index in [1.807, 2.05) is 6.92 Å². The van der Waals surface area contributed by atoms with Crippen LogP contribution in [0.15, 0.2) is 29.3 Å². The van der Waals surface area contributed by atoms with Crippen LogP contribution in [0.3, 0.4) is 0 Å². The largest absolute Gasteiger partial charge is 0.337 e. The van der Waals surface area contributed by atoms with Crippen molar-refractivity contribution in [3.05, 3.63) is 35.4 Å². The number of rotatable bonds is 1. The summed E-state index contributed by atoms with van der Waals surface area (Å²) in [5, 5.41) is 0.